The van der Waals surface area contributed by atoms with E-state index in [2.05, 4.69) is 16.5 Å². The Labute approximate surface area is 134 Å². The largest absolute Gasteiger partial charge is 0.361 e. The fourth-order valence-electron chi connectivity index (χ4n) is 3.31. The van der Waals surface area contributed by atoms with Crippen LogP contribution in [-0.4, -0.2) is 11.1 Å². The summed E-state index contributed by atoms with van der Waals surface area (Å²) < 4.78 is 5.26. The van der Waals surface area contributed by atoms with Crippen molar-refractivity contribution in [2.24, 2.45) is 0 Å². The molecule has 2 heterocycles. The molecule has 0 spiro atoms. The van der Waals surface area contributed by atoms with Crippen LogP contribution < -0.4 is 5.32 Å². The van der Waals surface area contributed by atoms with Gasteiger partial charge in [0.2, 0.25) is 5.91 Å². The molecule has 0 radical (unpaired) electrons. The van der Waals surface area contributed by atoms with E-state index >= 15 is 0 Å². The van der Waals surface area contributed by atoms with Crippen LogP contribution in [0.15, 0.2) is 53.1 Å². The smallest absolute Gasteiger partial charge is 0.236 e. The number of anilines is 1. The van der Waals surface area contributed by atoms with Gasteiger partial charge in [-0.05, 0) is 42.7 Å². The molecule has 2 aromatic carbocycles. The molecule has 4 rings (SSSR count). The van der Waals surface area contributed by atoms with Gasteiger partial charge in [-0.25, -0.2) is 0 Å². The lowest BCUT2D eigenvalue weighted by molar-refractivity contribution is -0.116. The first kappa shape index (κ1) is 13.8. The third-order valence-corrected chi connectivity index (χ3v) is 4.33. The molecule has 4 heteroatoms. The fourth-order valence-corrected chi connectivity index (χ4v) is 3.31. The van der Waals surface area contributed by atoms with E-state index in [1.807, 2.05) is 56.3 Å². The van der Waals surface area contributed by atoms with Crippen LogP contribution in [0.3, 0.4) is 0 Å². The Morgan fingerprint density at radius 2 is 1.91 bits per heavy atom. The third-order valence-electron chi connectivity index (χ3n) is 4.33. The second-order valence-electron chi connectivity index (χ2n) is 5.83. The van der Waals surface area contributed by atoms with Crippen LogP contribution in [-0.2, 0) is 4.79 Å². The van der Waals surface area contributed by atoms with Crippen LogP contribution in [0.5, 0.6) is 0 Å². The van der Waals surface area contributed by atoms with Crippen molar-refractivity contribution in [2.45, 2.75) is 19.8 Å². The quantitative estimate of drug-likeness (QED) is 0.777. The second kappa shape index (κ2) is 5.09. The van der Waals surface area contributed by atoms with E-state index in [1.165, 1.54) is 0 Å². The zero-order chi connectivity index (χ0) is 16.0. The Bertz CT molecular complexity index is 892. The lowest BCUT2D eigenvalue weighted by Gasteiger charge is -2.11. The predicted octanol–water partition coefficient (Wildman–Crippen LogP) is 4.04. The lowest BCUT2D eigenvalue weighted by Crippen LogP contribution is -2.13. The molecule has 23 heavy (non-hydrogen) atoms. The van der Waals surface area contributed by atoms with Crippen molar-refractivity contribution >= 4 is 11.6 Å². The van der Waals surface area contributed by atoms with Gasteiger partial charge in [-0.15, -0.1) is 0 Å². The first-order valence-electron chi connectivity index (χ1n) is 7.58. The van der Waals surface area contributed by atoms with Gasteiger partial charge in [-0.3, -0.25) is 4.79 Å². The maximum Gasteiger partial charge on any atom is 0.236 e. The summed E-state index contributed by atoms with van der Waals surface area (Å²) in [6.07, 6.45) is 0. The Balaban J connectivity index is 1.83. The number of nitrogens with zero attached hydrogens (tertiary/aromatic N) is 1. The molecule has 1 aliphatic rings. The molecule has 1 amide bonds. The van der Waals surface area contributed by atoms with Crippen LogP contribution in [0.2, 0.25) is 0 Å². The number of aryl methyl sites for hydroxylation is 2. The van der Waals surface area contributed by atoms with Crippen molar-refractivity contribution in [2.75, 3.05) is 5.32 Å². The number of carbonyl (C=O) groups excluding carboxylic acids is 1. The van der Waals surface area contributed by atoms with Crippen molar-refractivity contribution < 1.29 is 9.32 Å². The number of benzene rings is 2. The van der Waals surface area contributed by atoms with E-state index in [1.54, 1.807) is 0 Å². The van der Waals surface area contributed by atoms with E-state index in [9.17, 15) is 4.79 Å². The second-order valence-corrected chi connectivity index (χ2v) is 5.83. The summed E-state index contributed by atoms with van der Waals surface area (Å²) in [4.78, 5) is 12.4. The van der Waals surface area contributed by atoms with Crippen molar-refractivity contribution in [3.63, 3.8) is 0 Å². The van der Waals surface area contributed by atoms with E-state index in [0.717, 1.165) is 39.4 Å². The van der Waals surface area contributed by atoms with Crippen LogP contribution in [0.1, 0.15) is 28.5 Å². The summed E-state index contributed by atoms with van der Waals surface area (Å²) in [7, 11) is 0. The summed E-state index contributed by atoms with van der Waals surface area (Å²) in [5.74, 6) is 0.532. The topological polar surface area (TPSA) is 55.1 Å². The molecule has 1 unspecified atom stereocenters. The Kier molecular flexibility index (Phi) is 3.05. The zero-order valence-corrected chi connectivity index (χ0v) is 13.0. The molecular formula is C19H16N2O2. The van der Waals surface area contributed by atoms with Crippen molar-refractivity contribution in [3.8, 4) is 11.1 Å². The molecule has 0 saturated heterocycles. The highest BCUT2D eigenvalue weighted by Gasteiger charge is 2.31. The first-order chi connectivity index (χ1) is 11.1. The number of nitrogens with one attached hydrogen (secondary N) is 1. The van der Waals surface area contributed by atoms with Gasteiger partial charge in [-0.2, -0.15) is 0 Å². The summed E-state index contributed by atoms with van der Waals surface area (Å²) in [5, 5.41) is 6.97. The molecule has 0 aliphatic carbocycles. The summed E-state index contributed by atoms with van der Waals surface area (Å²) in [6, 6.07) is 15.9. The number of carbonyl (C=O) groups is 1. The van der Waals surface area contributed by atoms with Crippen molar-refractivity contribution in [1.29, 1.82) is 0 Å². The summed E-state index contributed by atoms with van der Waals surface area (Å²) in [5.41, 5.74) is 5.77. The van der Waals surface area contributed by atoms with Gasteiger partial charge in [0, 0.05) is 11.3 Å². The SMILES string of the molecule is Cc1noc(C)c1-c1cccc(C2C(=O)Nc3ccccc32)c1. The molecule has 0 fully saturated rings. The Morgan fingerprint density at radius 1 is 1.09 bits per heavy atom. The van der Waals surface area contributed by atoms with E-state index < -0.39 is 0 Å². The van der Waals surface area contributed by atoms with Gasteiger partial charge >= 0.3 is 0 Å². The van der Waals surface area contributed by atoms with Crippen LogP contribution >= 0.6 is 0 Å². The Morgan fingerprint density at radius 3 is 2.70 bits per heavy atom. The van der Waals surface area contributed by atoms with Crippen molar-refractivity contribution in [1.82, 2.24) is 5.16 Å². The zero-order valence-electron chi connectivity index (χ0n) is 13.0. The molecule has 3 aromatic rings. The highest BCUT2D eigenvalue weighted by atomic mass is 16.5. The minimum atomic E-state index is -0.272. The maximum absolute atomic E-state index is 12.4. The standard InChI is InChI=1S/C19H16N2O2/c1-11-17(12(2)23-21-11)13-6-5-7-14(10-13)18-15-8-3-4-9-16(15)20-19(18)22/h3-10,18H,1-2H3,(H,20,22). The summed E-state index contributed by atoms with van der Waals surface area (Å²) in [6.45, 7) is 3.83. The van der Waals surface area contributed by atoms with Crippen molar-refractivity contribution in [3.05, 3.63) is 71.1 Å². The van der Waals surface area contributed by atoms with Gasteiger partial charge in [0.15, 0.2) is 0 Å². The van der Waals surface area contributed by atoms with E-state index in [4.69, 9.17) is 4.52 Å². The highest BCUT2D eigenvalue weighted by molar-refractivity contribution is 6.05. The normalized spacial score (nSPS) is 16.3. The van der Waals surface area contributed by atoms with Gasteiger partial charge in [0.25, 0.3) is 0 Å². The van der Waals surface area contributed by atoms with E-state index in [-0.39, 0.29) is 11.8 Å². The predicted molar refractivity (Wildman–Crippen MR) is 88.3 cm³/mol. The number of hydrogen-bond acceptors (Lipinski definition) is 3. The number of amides is 1. The number of para-hydroxylation sites is 1. The number of fused-ring (bicyclic) bond motifs is 1. The molecule has 114 valence electrons. The monoisotopic (exact) mass is 304 g/mol. The first-order valence-corrected chi connectivity index (χ1v) is 7.58. The minimum absolute atomic E-state index is 0.0158. The maximum atomic E-state index is 12.4. The number of rotatable bonds is 2. The molecule has 1 atom stereocenters. The van der Waals surface area contributed by atoms with Crippen LogP contribution in [0.4, 0.5) is 5.69 Å². The molecular weight excluding hydrogens is 288 g/mol. The molecule has 1 aliphatic heterocycles. The van der Waals surface area contributed by atoms with Gasteiger partial charge in [-0.1, -0.05) is 41.6 Å². The van der Waals surface area contributed by atoms with Crippen LogP contribution in [0, 0.1) is 13.8 Å². The summed E-state index contributed by atoms with van der Waals surface area (Å²) >= 11 is 0. The third kappa shape index (κ3) is 2.14. The number of hydrogen-bond donors (Lipinski definition) is 1. The Hall–Kier alpha value is -2.88. The average molecular weight is 304 g/mol. The molecule has 1 aromatic heterocycles. The average Bonchev–Trinajstić information content (AvgIpc) is 3.06. The van der Waals surface area contributed by atoms with Gasteiger partial charge in [0.05, 0.1) is 11.6 Å². The van der Waals surface area contributed by atoms with Gasteiger partial charge in [0.1, 0.15) is 5.76 Å². The van der Waals surface area contributed by atoms with Crippen LogP contribution in [0.25, 0.3) is 11.1 Å². The minimum Gasteiger partial charge on any atom is -0.361 e. The molecule has 1 N–H and O–H groups in total. The lowest BCUT2D eigenvalue weighted by atomic mass is 9.90. The highest BCUT2D eigenvalue weighted by Crippen LogP contribution is 2.38. The molecule has 0 saturated carbocycles. The van der Waals surface area contributed by atoms with E-state index in [0.29, 0.717) is 0 Å². The fraction of sp³-hybridized carbons (Fsp3) is 0.158. The molecule has 0 bridgehead atoms. The molecule has 4 nitrogen and oxygen atoms in total. The van der Waals surface area contributed by atoms with Gasteiger partial charge < -0.3 is 9.84 Å². The number of aromatic nitrogens is 1.